The van der Waals surface area contributed by atoms with Gasteiger partial charge in [0.15, 0.2) is 5.69 Å². The van der Waals surface area contributed by atoms with Crippen LogP contribution in [0, 0.1) is 12.7 Å². The number of para-hydroxylation sites is 1. The molecule has 4 aromatic rings. The van der Waals surface area contributed by atoms with Gasteiger partial charge in [0.2, 0.25) is 0 Å². The number of hydrogen-bond acceptors (Lipinski definition) is 4. The van der Waals surface area contributed by atoms with E-state index in [1.165, 1.54) is 6.07 Å². The summed E-state index contributed by atoms with van der Waals surface area (Å²) >= 11 is 0. The van der Waals surface area contributed by atoms with Crippen molar-refractivity contribution >= 4 is 11.6 Å². The first-order valence-electron chi connectivity index (χ1n) is 10.2. The van der Waals surface area contributed by atoms with Crippen LogP contribution in [0.5, 0.6) is 0 Å². The number of carbonyl (C=O) groups excluding carboxylic acids is 1. The molecule has 31 heavy (non-hydrogen) atoms. The number of nitrogens with one attached hydrogen (secondary N) is 1. The van der Waals surface area contributed by atoms with Crippen molar-refractivity contribution in [2.45, 2.75) is 26.2 Å². The number of benzene rings is 2. The summed E-state index contributed by atoms with van der Waals surface area (Å²) in [4.78, 5) is 21.7. The normalized spacial score (nSPS) is 12.6. The predicted octanol–water partition coefficient (Wildman–Crippen LogP) is 4.52. The first kappa shape index (κ1) is 19.1. The zero-order valence-electron chi connectivity index (χ0n) is 17.0. The molecular formula is C24H20FN5O. The van der Waals surface area contributed by atoms with Crippen LogP contribution in [0.2, 0.25) is 0 Å². The van der Waals surface area contributed by atoms with Crippen molar-refractivity contribution in [2.24, 2.45) is 0 Å². The standard InChI is InChI=1S/C24H20FN5O/c1-15-26-13-12-20(27-15)16-6-4-7-17(14-16)28-24(31)23-18-8-5-11-21(18)30(29-23)22-10-3-2-9-19(22)25/h2-4,6-7,9-10,12-14H,5,8,11H2,1H3,(H,28,31). The monoisotopic (exact) mass is 413 g/mol. The van der Waals surface area contributed by atoms with Crippen LogP contribution in [0.4, 0.5) is 10.1 Å². The molecule has 0 saturated carbocycles. The molecule has 1 N–H and O–H groups in total. The largest absolute Gasteiger partial charge is 0.321 e. The summed E-state index contributed by atoms with van der Waals surface area (Å²) in [7, 11) is 0. The summed E-state index contributed by atoms with van der Waals surface area (Å²) in [5, 5.41) is 7.44. The molecule has 0 aliphatic heterocycles. The Morgan fingerprint density at radius 1 is 1.10 bits per heavy atom. The second-order valence-electron chi connectivity index (χ2n) is 7.51. The Labute approximate surface area is 178 Å². The molecule has 1 amide bonds. The van der Waals surface area contributed by atoms with E-state index in [0.29, 0.717) is 22.9 Å². The van der Waals surface area contributed by atoms with E-state index in [-0.39, 0.29) is 11.7 Å². The van der Waals surface area contributed by atoms with E-state index in [0.717, 1.165) is 41.8 Å². The molecule has 7 heteroatoms. The van der Waals surface area contributed by atoms with Crippen LogP contribution in [0.3, 0.4) is 0 Å². The van der Waals surface area contributed by atoms with Crippen molar-refractivity contribution in [3.63, 3.8) is 0 Å². The number of aryl methyl sites for hydroxylation is 1. The molecule has 2 aromatic heterocycles. The summed E-state index contributed by atoms with van der Waals surface area (Å²) in [6, 6.07) is 15.8. The Balaban J connectivity index is 1.46. The number of halogens is 1. The summed E-state index contributed by atoms with van der Waals surface area (Å²) in [6.07, 6.45) is 4.16. The van der Waals surface area contributed by atoms with Gasteiger partial charge in [0.1, 0.15) is 17.3 Å². The number of anilines is 1. The lowest BCUT2D eigenvalue weighted by Crippen LogP contribution is -2.15. The van der Waals surface area contributed by atoms with Gasteiger partial charge in [-0.25, -0.2) is 19.0 Å². The minimum absolute atomic E-state index is 0.302. The Hall–Kier alpha value is -3.87. The van der Waals surface area contributed by atoms with Crippen LogP contribution in [0.15, 0.2) is 60.8 Å². The van der Waals surface area contributed by atoms with Crippen LogP contribution in [-0.2, 0) is 12.8 Å². The number of carbonyl (C=O) groups is 1. The van der Waals surface area contributed by atoms with Gasteiger partial charge >= 0.3 is 0 Å². The lowest BCUT2D eigenvalue weighted by atomic mass is 10.1. The summed E-state index contributed by atoms with van der Waals surface area (Å²) in [6.45, 7) is 1.83. The van der Waals surface area contributed by atoms with Crippen molar-refractivity contribution in [3.05, 3.63) is 89.4 Å². The van der Waals surface area contributed by atoms with Gasteiger partial charge in [-0.1, -0.05) is 24.3 Å². The van der Waals surface area contributed by atoms with Gasteiger partial charge in [-0.15, -0.1) is 0 Å². The van der Waals surface area contributed by atoms with Gasteiger partial charge in [0.05, 0.1) is 5.69 Å². The molecule has 1 aliphatic carbocycles. The van der Waals surface area contributed by atoms with Crippen molar-refractivity contribution in [2.75, 3.05) is 5.32 Å². The molecule has 0 unspecified atom stereocenters. The molecule has 2 heterocycles. The van der Waals surface area contributed by atoms with Gasteiger partial charge in [-0.3, -0.25) is 4.79 Å². The van der Waals surface area contributed by atoms with Crippen molar-refractivity contribution in [1.82, 2.24) is 19.7 Å². The molecule has 6 nitrogen and oxygen atoms in total. The van der Waals surface area contributed by atoms with Crippen LogP contribution in [0.1, 0.15) is 34.0 Å². The maximum Gasteiger partial charge on any atom is 0.276 e. The van der Waals surface area contributed by atoms with E-state index in [1.54, 1.807) is 29.1 Å². The van der Waals surface area contributed by atoms with E-state index in [9.17, 15) is 9.18 Å². The average Bonchev–Trinajstić information content (AvgIpc) is 3.37. The van der Waals surface area contributed by atoms with Gasteiger partial charge in [-0.05, 0) is 56.5 Å². The lowest BCUT2D eigenvalue weighted by molar-refractivity contribution is 0.102. The fraction of sp³-hybridized carbons (Fsp3) is 0.167. The highest BCUT2D eigenvalue weighted by atomic mass is 19.1. The van der Waals surface area contributed by atoms with Gasteiger partial charge < -0.3 is 5.32 Å². The fourth-order valence-electron chi connectivity index (χ4n) is 4.01. The highest BCUT2D eigenvalue weighted by Crippen LogP contribution is 2.29. The smallest absolute Gasteiger partial charge is 0.276 e. The van der Waals surface area contributed by atoms with Gasteiger partial charge in [-0.2, -0.15) is 5.10 Å². The Morgan fingerprint density at radius 2 is 1.97 bits per heavy atom. The summed E-state index contributed by atoms with van der Waals surface area (Å²) < 4.78 is 15.9. The molecule has 0 fully saturated rings. The Bertz CT molecular complexity index is 1300. The molecule has 0 bridgehead atoms. The first-order chi connectivity index (χ1) is 15.1. The van der Waals surface area contributed by atoms with Crippen molar-refractivity contribution < 1.29 is 9.18 Å². The number of amides is 1. The fourth-order valence-corrected chi connectivity index (χ4v) is 4.01. The number of fused-ring (bicyclic) bond motifs is 1. The topological polar surface area (TPSA) is 72.7 Å². The molecule has 0 saturated heterocycles. The molecule has 0 radical (unpaired) electrons. The molecule has 5 rings (SSSR count). The van der Waals surface area contributed by atoms with Crippen molar-refractivity contribution in [1.29, 1.82) is 0 Å². The predicted molar refractivity (Wildman–Crippen MR) is 116 cm³/mol. The molecule has 2 aromatic carbocycles. The number of aromatic nitrogens is 4. The van der Waals surface area contributed by atoms with Crippen LogP contribution >= 0.6 is 0 Å². The zero-order chi connectivity index (χ0) is 21.4. The van der Waals surface area contributed by atoms with E-state index in [4.69, 9.17) is 0 Å². The van der Waals surface area contributed by atoms with Gasteiger partial charge in [0, 0.05) is 28.7 Å². The van der Waals surface area contributed by atoms with Crippen LogP contribution < -0.4 is 5.32 Å². The third-order valence-corrected chi connectivity index (χ3v) is 5.42. The Kier molecular flexibility index (Phi) is 4.78. The third-order valence-electron chi connectivity index (χ3n) is 5.42. The van der Waals surface area contributed by atoms with E-state index in [1.807, 2.05) is 37.3 Å². The number of nitrogens with zero attached hydrogens (tertiary/aromatic N) is 4. The number of hydrogen-bond donors (Lipinski definition) is 1. The molecule has 154 valence electrons. The maximum atomic E-state index is 14.4. The van der Waals surface area contributed by atoms with Gasteiger partial charge in [0.25, 0.3) is 5.91 Å². The van der Waals surface area contributed by atoms with E-state index in [2.05, 4.69) is 20.4 Å². The highest BCUT2D eigenvalue weighted by molar-refractivity contribution is 6.04. The van der Waals surface area contributed by atoms with E-state index >= 15 is 0 Å². The van der Waals surface area contributed by atoms with Crippen molar-refractivity contribution in [3.8, 4) is 16.9 Å². The lowest BCUT2D eigenvalue weighted by Gasteiger charge is -2.08. The summed E-state index contributed by atoms with van der Waals surface area (Å²) in [5.74, 6) is 0.0185. The minimum atomic E-state index is -0.362. The molecular weight excluding hydrogens is 393 g/mol. The number of rotatable bonds is 4. The molecule has 1 aliphatic rings. The maximum absolute atomic E-state index is 14.4. The zero-order valence-corrected chi connectivity index (χ0v) is 17.0. The molecule has 0 spiro atoms. The second-order valence-corrected chi connectivity index (χ2v) is 7.51. The SMILES string of the molecule is Cc1nccc(-c2cccc(NC(=O)c3nn(-c4ccccc4F)c4c3CCC4)c2)n1. The average molecular weight is 413 g/mol. The van der Waals surface area contributed by atoms with E-state index < -0.39 is 0 Å². The third kappa shape index (κ3) is 3.59. The highest BCUT2D eigenvalue weighted by Gasteiger charge is 2.27. The molecule has 0 atom stereocenters. The van der Waals surface area contributed by atoms with Crippen LogP contribution in [0.25, 0.3) is 16.9 Å². The first-order valence-corrected chi connectivity index (χ1v) is 10.2. The van der Waals surface area contributed by atoms with Crippen LogP contribution in [-0.4, -0.2) is 25.7 Å². The summed E-state index contributed by atoms with van der Waals surface area (Å²) in [5.41, 5.74) is 4.81. The Morgan fingerprint density at radius 3 is 2.81 bits per heavy atom. The quantitative estimate of drug-likeness (QED) is 0.534. The second kappa shape index (κ2) is 7.75. The minimum Gasteiger partial charge on any atom is -0.321 e.